The first-order chi connectivity index (χ1) is 9.84. The zero-order valence-corrected chi connectivity index (χ0v) is 11.5. The predicted molar refractivity (Wildman–Crippen MR) is 81.6 cm³/mol. The highest BCUT2D eigenvalue weighted by Crippen LogP contribution is 2.16. The van der Waals surface area contributed by atoms with Gasteiger partial charge in [0.15, 0.2) is 5.84 Å². The van der Waals surface area contributed by atoms with E-state index in [2.05, 4.69) is 10.1 Å². The molecule has 100 valence electrons. The van der Waals surface area contributed by atoms with Crippen molar-refractivity contribution in [2.45, 2.75) is 6.61 Å². The van der Waals surface area contributed by atoms with Crippen LogP contribution in [0.15, 0.2) is 58.5 Å². The Bertz CT molecular complexity index is 732. The van der Waals surface area contributed by atoms with E-state index >= 15 is 0 Å². The molecule has 4 nitrogen and oxygen atoms in total. The smallest absolute Gasteiger partial charge is 0.171 e. The standard InChI is InChI=1S/C15H13N3OS/c16-15(13-6-8-20-10-13)18-19-9-12-4-1-3-11-5-2-7-17-14(11)12/h1-8,10H,9H2,(H2,16,18). The molecule has 0 saturated heterocycles. The lowest BCUT2D eigenvalue weighted by Crippen LogP contribution is -2.12. The highest BCUT2D eigenvalue weighted by Gasteiger charge is 2.03. The first-order valence-electron chi connectivity index (χ1n) is 6.15. The van der Waals surface area contributed by atoms with Gasteiger partial charge < -0.3 is 10.6 Å². The third-order valence-corrected chi connectivity index (χ3v) is 3.60. The van der Waals surface area contributed by atoms with Crippen molar-refractivity contribution in [3.8, 4) is 0 Å². The van der Waals surface area contributed by atoms with Gasteiger partial charge in [0.25, 0.3) is 0 Å². The quantitative estimate of drug-likeness (QED) is 0.454. The van der Waals surface area contributed by atoms with Gasteiger partial charge >= 0.3 is 0 Å². The zero-order valence-electron chi connectivity index (χ0n) is 10.7. The molecule has 3 rings (SSSR count). The van der Waals surface area contributed by atoms with Crippen LogP contribution in [0.3, 0.4) is 0 Å². The van der Waals surface area contributed by atoms with Gasteiger partial charge in [0, 0.05) is 28.1 Å². The molecule has 2 aromatic heterocycles. The van der Waals surface area contributed by atoms with Crippen LogP contribution in [0, 0.1) is 0 Å². The fourth-order valence-corrected chi connectivity index (χ4v) is 2.57. The van der Waals surface area contributed by atoms with Crippen LogP contribution in [0.2, 0.25) is 0 Å². The van der Waals surface area contributed by atoms with Gasteiger partial charge in [-0.05, 0) is 17.5 Å². The fourth-order valence-electron chi connectivity index (χ4n) is 1.92. The van der Waals surface area contributed by atoms with E-state index in [9.17, 15) is 0 Å². The summed E-state index contributed by atoms with van der Waals surface area (Å²) >= 11 is 1.57. The van der Waals surface area contributed by atoms with Crippen LogP contribution >= 0.6 is 11.3 Å². The van der Waals surface area contributed by atoms with Crippen molar-refractivity contribution in [3.63, 3.8) is 0 Å². The van der Waals surface area contributed by atoms with Crippen molar-refractivity contribution in [1.29, 1.82) is 0 Å². The molecular weight excluding hydrogens is 270 g/mol. The van der Waals surface area contributed by atoms with Crippen LogP contribution in [-0.2, 0) is 11.4 Å². The van der Waals surface area contributed by atoms with Crippen LogP contribution < -0.4 is 5.73 Å². The van der Waals surface area contributed by atoms with Crippen LogP contribution in [0.1, 0.15) is 11.1 Å². The number of aromatic nitrogens is 1. The van der Waals surface area contributed by atoms with E-state index < -0.39 is 0 Å². The molecule has 0 aliphatic carbocycles. The molecule has 0 aliphatic rings. The summed E-state index contributed by atoms with van der Waals surface area (Å²) in [5, 5.41) is 8.91. The molecule has 0 radical (unpaired) electrons. The summed E-state index contributed by atoms with van der Waals surface area (Å²) in [4.78, 5) is 9.71. The molecule has 1 aromatic carbocycles. The Morgan fingerprint density at radius 1 is 1.25 bits per heavy atom. The Hall–Kier alpha value is -2.40. The zero-order chi connectivity index (χ0) is 13.8. The molecular formula is C15H13N3OS. The number of hydrogen-bond acceptors (Lipinski definition) is 4. The van der Waals surface area contributed by atoms with Crippen molar-refractivity contribution in [3.05, 3.63) is 64.5 Å². The molecule has 0 bridgehead atoms. The Balaban J connectivity index is 1.76. The maximum atomic E-state index is 5.83. The molecule has 0 spiro atoms. The lowest BCUT2D eigenvalue weighted by Gasteiger charge is -2.04. The summed E-state index contributed by atoms with van der Waals surface area (Å²) in [6.45, 7) is 0.346. The number of nitrogens with two attached hydrogens (primary N) is 1. The number of benzene rings is 1. The third-order valence-electron chi connectivity index (χ3n) is 2.92. The molecule has 0 unspecified atom stereocenters. The van der Waals surface area contributed by atoms with Gasteiger partial charge in [-0.3, -0.25) is 4.98 Å². The Labute approximate surface area is 120 Å². The third kappa shape index (κ3) is 2.62. The molecule has 5 heteroatoms. The number of thiophene rings is 1. The van der Waals surface area contributed by atoms with Gasteiger partial charge in [-0.2, -0.15) is 11.3 Å². The highest BCUT2D eigenvalue weighted by molar-refractivity contribution is 7.08. The first kappa shape index (κ1) is 12.6. The highest BCUT2D eigenvalue weighted by atomic mass is 32.1. The Kier molecular flexibility index (Phi) is 3.60. The summed E-state index contributed by atoms with van der Waals surface area (Å²) in [7, 11) is 0. The second-order valence-electron chi connectivity index (χ2n) is 4.25. The van der Waals surface area contributed by atoms with Crippen LogP contribution in [0.25, 0.3) is 10.9 Å². The van der Waals surface area contributed by atoms with Gasteiger partial charge in [-0.1, -0.05) is 29.4 Å². The van der Waals surface area contributed by atoms with E-state index in [1.807, 2.05) is 47.2 Å². The van der Waals surface area contributed by atoms with E-state index in [-0.39, 0.29) is 0 Å². The summed E-state index contributed by atoms with van der Waals surface area (Å²) in [5.41, 5.74) is 8.63. The average molecular weight is 283 g/mol. The van der Waals surface area contributed by atoms with Crippen molar-refractivity contribution in [2.24, 2.45) is 10.9 Å². The van der Waals surface area contributed by atoms with E-state index in [1.54, 1.807) is 17.5 Å². The SMILES string of the molecule is N/C(=N\OCc1cccc2cccnc12)c1ccsc1. The summed E-state index contributed by atoms with van der Waals surface area (Å²) in [6, 6.07) is 11.8. The lowest BCUT2D eigenvalue weighted by atomic mass is 10.1. The average Bonchev–Trinajstić information content (AvgIpc) is 3.02. The second-order valence-corrected chi connectivity index (χ2v) is 5.03. The number of oxime groups is 1. The van der Waals surface area contributed by atoms with Gasteiger partial charge in [-0.15, -0.1) is 0 Å². The minimum absolute atomic E-state index is 0.346. The predicted octanol–water partition coefficient (Wildman–Crippen LogP) is 3.13. The summed E-state index contributed by atoms with van der Waals surface area (Å²) in [6.07, 6.45) is 1.77. The number of nitrogens with zero attached hydrogens (tertiary/aromatic N) is 2. The van der Waals surface area contributed by atoms with Gasteiger partial charge in [-0.25, -0.2) is 0 Å². The topological polar surface area (TPSA) is 60.5 Å². The maximum Gasteiger partial charge on any atom is 0.171 e. The van der Waals surface area contributed by atoms with Crippen molar-refractivity contribution in [1.82, 2.24) is 4.98 Å². The number of fused-ring (bicyclic) bond motifs is 1. The summed E-state index contributed by atoms with van der Waals surface area (Å²) in [5.74, 6) is 0.388. The van der Waals surface area contributed by atoms with Crippen LogP contribution in [-0.4, -0.2) is 10.8 Å². The number of amidine groups is 1. The van der Waals surface area contributed by atoms with Gasteiger partial charge in [0.05, 0.1) is 5.52 Å². The number of hydrogen-bond donors (Lipinski definition) is 1. The van der Waals surface area contributed by atoms with E-state index in [1.165, 1.54) is 0 Å². The van der Waals surface area contributed by atoms with E-state index in [0.29, 0.717) is 12.4 Å². The molecule has 0 fully saturated rings. The number of rotatable bonds is 4. The summed E-state index contributed by atoms with van der Waals surface area (Å²) < 4.78 is 0. The number of para-hydroxylation sites is 1. The molecule has 0 saturated carbocycles. The molecule has 2 heterocycles. The molecule has 20 heavy (non-hydrogen) atoms. The van der Waals surface area contributed by atoms with Gasteiger partial charge in [0.1, 0.15) is 6.61 Å². The Morgan fingerprint density at radius 3 is 3.00 bits per heavy atom. The normalized spacial score (nSPS) is 11.7. The van der Waals surface area contributed by atoms with E-state index in [4.69, 9.17) is 10.6 Å². The minimum atomic E-state index is 0.346. The van der Waals surface area contributed by atoms with Crippen molar-refractivity contribution < 1.29 is 4.84 Å². The lowest BCUT2D eigenvalue weighted by molar-refractivity contribution is 0.131. The molecule has 3 aromatic rings. The van der Waals surface area contributed by atoms with Gasteiger partial charge in [0.2, 0.25) is 0 Å². The first-order valence-corrected chi connectivity index (χ1v) is 7.09. The molecule has 0 atom stereocenters. The van der Waals surface area contributed by atoms with Crippen LogP contribution in [0.5, 0.6) is 0 Å². The molecule has 0 amide bonds. The largest absolute Gasteiger partial charge is 0.389 e. The Morgan fingerprint density at radius 2 is 2.15 bits per heavy atom. The minimum Gasteiger partial charge on any atom is -0.389 e. The maximum absolute atomic E-state index is 5.83. The van der Waals surface area contributed by atoms with Crippen molar-refractivity contribution in [2.75, 3.05) is 0 Å². The second kappa shape index (κ2) is 5.71. The molecule has 0 aliphatic heterocycles. The van der Waals surface area contributed by atoms with Crippen LogP contribution in [0.4, 0.5) is 0 Å². The van der Waals surface area contributed by atoms with Crippen molar-refractivity contribution >= 4 is 28.1 Å². The monoisotopic (exact) mass is 283 g/mol. The fraction of sp³-hybridized carbons (Fsp3) is 0.0667. The molecule has 2 N–H and O–H groups in total. The number of pyridine rings is 1. The van der Waals surface area contributed by atoms with E-state index in [0.717, 1.165) is 22.0 Å².